The van der Waals surface area contributed by atoms with Gasteiger partial charge < -0.3 is 27.2 Å². The Hall–Kier alpha value is -1.39. The van der Waals surface area contributed by atoms with E-state index < -0.39 is 5.79 Å². The van der Waals surface area contributed by atoms with E-state index in [9.17, 15) is 0 Å². The number of nitrogens with one attached hydrogen (secondary N) is 1. The fourth-order valence-electron chi connectivity index (χ4n) is 3.66. The normalized spacial score (nSPS) is 25.8. The molecule has 2 saturated heterocycles. The van der Waals surface area contributed by atoms with Crippen LogP contribution in [0.3, 0.4) is 0 Å². The molecule has 4 heteroatoms. The largest absolute Gasteiger partial charge is 1.00 e. The zero-order chi connectivity index (χ0) is 15.5. The summed E-state index contributed by atoms with van der Waals surface area (Å²) >= 11 is 0. The summed E-state index contributed by atoms with van der Waals surface area (Å²) in [4.78, 5) is 0. The smallest absolute Gasteiger partial charge is 0.222 e. The van der Waals surface area contributed by atoms with Gasteiger partial charge in [-0.1, -0.05) is 67.1 Å². The molecule has 0 bridgehead atoms. The van der Waals surface area contributed by atoms with Crippen LogP contribution in [0.2, 0.25) is 0 Å². The van der Waals surface area contributed by atoms with Gasteiger partial charge in [0.05, 0.1) is 6.61 Å². The zero-order valence-electron chi connectivity index (χ0n) is 13.7. The van der Waals surface area contributed by atoms with Crippen LogP contribution >= 0.6 is 0 Å². The molecule has 0 aliphatic carbocycles. The molecule has 0 spiro atoms. The van der Waals surface area contributed by atoms with Gasteiger partial charge in [-0.2, -0.15) is 0 Å². The van der Waals surface area contributed by atoms with Crippen LogP contribution in [0.5, 0.6) is 0 Å². The lowest BCUT2D eigenvalue weighted by atomic mass is 9.97. The molecule has 2 unspecified atom stereocenters. The molecule has 0 amide bonds. The highest BCUT2D eigenvalue weighted by Gasteiger charge is 2.47. The van der Waals surface area contributed by atoms with Gasteiger partial charge in [-0.3, -0.25) is 0 Å². The first-order valence-corrected chi connectivity index (χ1v) is 8.55. The van der Waals surface area contributed by atoms with Gasteiger partial charge in [0.15, 0.2) is 0 Å². The number of halogens is 1. The fourth-order valence-corrected chi connectivity index (χ4v) is 3.66. The van der Waals surface area contributed by atoms with E-state index in [1.807, 2.05) is 36.4 Å². The molecule has 2 fully saturated rings. The molecule has 3 nitrogen and oxygen atoms in total. The van der Waals surface area contributed by atoms with Gasteiger partial charge in [-0.25, -0.2) is 0 Å². The summed E-state index contributed by atoms with van der Waals surface area (Å²) in [6.45, 7) is 1.70. The van der Waals surface area contributed by atoms with E-state index in [0.717, 1.165) is 24.1 Å². The maximum atomic E-state index is 6.58. The van der Waals surface area contributed by atoms with E-state index in [4.69, 9.17) is 9.47 Å². The SMILES string of the molecule is [Cl-].c1ccc(C2(c3ccccc3)OCC(C3CCCCN3)O2)cc1. The number of ether oxygens (including phenoxy) is 2. The standard InChI is InChI=1S/C20H23NO2.ClH/c1-3-9-16(10-4-1)20(17-11-5-2-6-12-17)22-15-19(23-20)18-13-7-8-14-21-18;/h1-6,9-12,18-19,21H,7-8,13-15H2;1H/p-1. The molecule has 24 heavy (non-hydrogen) atoms. The van der Waals surface area contributed by atoms with Gasteiger partial charge in [0.2, 0.25) is 5.79 Å². The van der Waals surface area contributed by atoms with Gasteiger partial charge in [0.1, 0.15) is 6.10 Å². The summed E-state index contributed by atoms with van der Waals surface area (Å²) in [6.07, 6.45) is 3.78. The molecule has 2 aromatic carbocycles. The van der Waals surface area contributed by atoms with E-state index in [-0.39, 0.29) is 18.5 Å². The highest BCUT2D eigenvalue weighted by atomic mass is 35.5. The van der Waals surface area contributed by atoms with E-state index in [1.165, 1.54) is 12.8 Å². The Bertz CT molecular complexity index is 589. The first-order chi connectivity index (χ1) is 11.4. The summed E-state index contributed by atoms with van der Waals surface area (Å²) in [5.74, 6) is -0.785. The number of benzene rings is 2. The van der Waals surface area contributed by atoms with Gasteiger partial charge >= 0.3 is 0 Å². The molecule has 0 aromatic heterocycles. The number of hydrogen-bond donors (Lipinski definition) is 1. The topological polar surface area (TPSA) is 30.5 Å². The molecule has 0 radical (unpaired) electrons. The van der Waals surface area contributed by atoms with Crippen molar-refractivity contribution in [3.05, 3.63) is 71.8 Å². The maximum absolute atomic E-state index is 6.58. The molecule has 0 saturated carbocycles. The molecule has 1 N–H and O–H groups in total. The molecule has 2 atom stereocenters. The third kappa shape index (κ3) is 3.22. The van der Waals surface area contributed by atoms with Gasteiger partial charge in [-0.05, 0) is 19.4 Å². The lowest BCUT2D eigenvalue weighted by Crippen LogP contribution is -3.00. The van der Waals surface area contributed by atoms with Crippen molar-refractivity contribution < 1.29 is 21.9 Å². The average Bonchev–Trinajstić information content (AvgIpc) is 3.11. The van der Waals surface area contributed by atoms with E-state index in [2.05, 4.69) is 29.6 Å². The lowest BCUT2D eigenvalue weighted by molar-refractivity contribution is -0.146. The summed E-state index contributed by atoms with van der Waals surface area (Å²) in [5, 5.41) is 3.60. The Morgan fingerprint density at radius 3 is 2.04 bits per heavy atom. The predicted molar refractivity (Wildman–Crippen MR) is 90.1 cm³/mol. The summed E-state index contributed by atoms with van der Waals surface area (Å²) in [7, 11) is 0. The Balaban J connectivity index is 0.00000169. The van der Waals surface area contributed by atoms with Crippen LogP contribution in [-0.4, -0.2) is 25.3 Å². The van der Waals surface area contributed by atoms with Gasteiger partial charge in [-0.15, -0.1) is 0 Å². The molecule has 128 valence electrons. The Morgan fingerprint density at radius 2 is 1.50 bits per heavy atom. The first-order valence-electron chi connectivity index (χ1n) is 8.55. The summed E-state index contributed by atoms with van der Waals surface area (Å²) in [6, 6.07) is 20.9. The zero-order valence-corrected chi connectivity index (χ0v) is 14.4. The molecule has 2 aliphatic heterocycles. The predicted octanol–water partition coefficient (Wildman–Crippen LogP) is 0.449. The molecular weight excluding hydrogens is 322 g/mol. The van der Waals surface area contributed by atoms with Crippen molar-refractivity contribution in [2.24, 2.45) is 0 Å². The van der Waals surface area contributed by atoms with Crippen molar-refractivity contribution in [2.75, 3.05) is 13.2 Å². The minimum atomic E-state index is -0.785. The van der Waals surface area contributed by atoms with Crippen molar-refractivity contribution >= 4 is 0 Å². The fraction of sp³-hybridized carbons (Fsp3) is 0.400. The van der Waals surface area contributed by atoms with E-state index >= 15 is 0 Å². The number of rotatable bonds is 3. The minimum absolute atomic E-state index is 0. The number of hydrogen-bond acceptors (Lipinski definition) is 3. The van der Waals surface area contributed by atoms with Crippen molar-refractivity contribution in [1.29, 1.82) is 0 Å². The van der Waals surface area contributed by atoms with Crippen molar-refractivity contribution in [1.82, 2.24) is 5.32 Å². The molecular formula is C20H23ClNO2-. The number of piperidine rings is 1. The third-order valence-electron chi connectivity index (χ3n) is 4.87. The van der Waals surface area contributed by atoms with Crippen LogP contribution in [0.1, 0.15) is 30.4 Å². The molecule has 4 rings (SSSR count). The van der Waals surface area contributed by atoms with Crippen molar-refractivity contribution in [2.45, 2.75) is 37.2 Å². The third-order valence-corrected chi connectivity index (χ3v) is 4.87. The van der Waals surface area contributed by atoms with Crippen LogP contribution < -0.4 is 17.7 Å². The quantitative estimate of drug-likeness (QED) is 0.877. The first kappa shape index (κ1) is 17.4. The van der Waals surface area contributed by atoms with Crippen LogP contribution in [0.25, 0.3) is 0 Å². The Labute approximate surface area is 149 Å². The minimum Gasteiger partial charge on any atom is -1.00 e. The van der Waals surface area contributed by atoms with Crippen LogP contribution in [0.15, 0.2) is 60.7 Å². The van der Waals surface area contributed by atoms with Gasteiger partial charge in [0, 0.05) is 17.2 Å². The lowest BCUT2D eigenvalue weighted by Gasteiger charge is -2.32. The highest BCUT2D eigenvalue weighted by molar-refractivity contribution is 5.34. The van der Waals surface area contributed by atoms with Crippen LogP contribution in [0, 0.1) is 0 Å². The van der Waals surface area contributed by atoms with Gasteiger partial charge in [0.25, 0.3) is 0 Å². The van der Waals surface area contributed by atoms with Crippen LogP contribution in [-0.2, 0) is 15.3 Å². The van der Waals surface area contributed by atoms with Crippen molar-refractivity contribution in [3.63, 3.8) is 0 Å². The molecule has 2 aromatic rings. The highest BCUT2D eigenvalue weighted by Crippen LogP contribution is 2.41. The second-order valence-electron chi connectivity index (χ2n) is 6.37. The molecule has 2 heterocycles. The van der Waals surface area contributed by atoms with E-state index in [1.54, 1.807) is 0 Å². The monoisotopic (exact) mass is 344 g/mol. The Morgan fingerprint density at radius 1 is 0.875 bits per heavy atom. The van der Waals surface area contributed by atoms with E-state index in [0.29, 0.717) is 12.6 Å². The van der Waals surface area contributed by atoms with Crippen LogP contribution in [0.4, 0.5) is 0 Å². The summed E-state index contributed by atoms with van der Waals surface area (Å²) in [5.41, 5.74) is 2.12. The molecule has 2 aliphatic rings. The maximum Gasteiger partial charge on any atom is 0.222 e. The van der Waals surface area contributed by atoms with Crippen molar-refractivity contribution in [3.8, 4) is 0 Å². The summed E-state index contributed by atoms with van der Waals surface area (Å²) < 4.78 is 12.9. The average molecular weight is 345 g/mol. The second kappa shape index (κ2) is 7.66. The second-order valence-corrected chi connectivity index (χ2v) is 6.37. The Kier molecular flexibility index (Phi) is 5.57.